The summed E-state index contributed by atoms with van der Waals surface area (Å²) in [6, 6.07) is 6.31. The van der Waals surface area contributed by atoms with Crippen molar-refractivity contribution in [1.82, 2.24) is 0 Å². The van der Waals surface area contributed by atoms with E-state index in [-0.39, 0.29) is 17.6 Å². The van der Waals surface area contributed by atoms with Crippen molar-refractivity contribution in [3.8, 4) is 5.75 Å². The number of ether oxygens (including phenoxy) is 2. The average molecular weight is 247 g/mol. The Morgan fingerprint density at radius 3 is 2.94 bits per heavy atom. The zero-order valence-corrected chi connectivity index (χ0v) is 11.1. The SMILES string of the molecule is CC1(C)COc2ccc(C(N)C3CCCO3)cc21. The van der Waals surface area contributed by atoms with Crippen LogP contribution in [0.5, 0.6) is 5.75 Å². The zero-order valence-electron chi connectivity index (χ0n) is 11.1. The molecule has 0 aromatic heterocycles. The molecule has 2 heterocycles. The fourth-order valence-electron chi connectivity index (χ4n) is 2.85. The van der Waals surface area contributed by atoms with Gasteiger partial charge in [0, 0.05) is 17.6 Å². The highest BCUT2D eigenvalue weighted by atomic mass is 16.5. The Bertz CT molecular complexity index is 450. The highest BCUT2D eigenvalue weighted by Crippen LogP contribution is 2.40. The Kier molecular flexibility index (Phi) is 2.83. The minimum Gasteiger partial charge on any atom is -0.492 e. The van der Waals surface area contributed by atoms with Gasteiger partial charge in [-0.1, -0.05) is 19.9 Å². The molecule has 0 saturated carbocycles. The van der Waals surface area contributed by atoms with Gasteiger partial charge in [-0.3, -0.25) is 0 Å². The highest BCUT2D eigenvalue weighted by Gasteiger charge is 2.33. The Labute approximate surface area is 108 Å². The van der Waals surface area contributed by atoms with Gasteiger partial charge in [-0.2, -0.15) is 0 Å². The van der Waals surface area contributed by atoms with Crippen LogP contribution in [0, 0.1) is 0 Å². The topological polar surface area (TPSA) is 44.5 Å². The molecule has 98 valence electrons. The van der Waals surface area contributed by atoms with Crippen LogP contribution in [-0.2, 0) is 10.2 Å². The third-order valence-electron chi connectivity index (χ3n) is 4.07. The van der Waals surface area contributed by atoms with Gasteiger partial charge in [0.15, 0.2) is 0 Å². The number of hydrogen-bond acceptors (Lipinski definition) is 3. The van der Waals surface area contributed by atoms with Crippen molar-refractivity contribution in [3.05, 3.63) is 29.3 Å². The molecule has 1 saturated heterocycles. The van der Waals surface area contributed by atoms with Gasteiger partial charge in [0.05, 0.1) is 18.8 Å². The first-order chi connectivity index (χ1) is 8.58. The molecule has 1 aromatic carbocycles. The summed E-state index contributed by atoms with van der Waals surface area (Å²) >= 11 is 0. The summed E-state index contributed by atoms with van der Waals surface area (Å²) in [6.45, 7) is 6.01. The molecule has 0 amide bonds. The summed E-state index contributed by atoms with van der Waals surface area (Å²) in [4.78, 5) is 0. The summed E-state index contributed by atoms with van der Waals surface area (Å²) in [7, 11) is 0. The maximum atomic E-state index is 6.32. The van der Waals surface area contributed by atoms with Gasteiger partial charge in [0.1, 0.15) is 5.75 Å². The second kappa shape index (κ2) is 4.25. The van der Waals surface area contributed by atoms with Gasteiger partial charge >= 0.3 is 0 Å². The minimum atomic E-state index is -0.0193. The smallest absolute Gasteiger partial charge is 0.123 e. The quantitative estimate of drug-likeness (QED) is 0.873. The van der Waals surface area contributed by atoms with Gasteiger partial charge in [-0.15, -0.1) is 0 Å². The van der Waals surface area contributed by atoms with E-state index in [2.05, 4.69) is 26.0 Å². The predicted molar refractivity (Wildman–Crippen MR) is 70.9 cm³/mol. The number of fused-ring (bicyclic) bond motifs is 1. The third-order valence-corrected chi connectivity index (χ3v) is 4.07. The fourth-order valence-corrected chi connectivity index (χ4v) is 2.85. The van der Waals surface area contributed by atoms with Crippen molar-refractivity contribution in [2.75, 3.05) is 13.2 Å². The number of benzene rings is 1. The van der Waals surface area contributed by atoms with E-state index >= 15 is 0 Å². The van der Waals surface area contributed by atoms with E-state index in [1.54, 1.807) is 0 Å². The summed E-state index contributed by atoms with van der Waals surface area (Å²) in [5.41, 5.74) is 8.84. The average Bonchev–Trinajstić information content (AvgIpc) is 2.97. The van der Waals surface area contributed by atoms with E-state index in [9.17, 15) is 0 Å². The summed E-state index contributed by atoms with van der Waals surface area (Å²) < 4.78 is 11.4. The molecule has 0 aliphatic carbocycles. The normalized spacial score (nSPS) is 26.7. The van der Waals surface area contributed by atoms with Crippen LogP contribution in [-0.4, -0.2) is 19.3 Å². The maximum Gasteiger partial charge on any atom is 0.123 e. The second-order valence-electron chi connectivity index (χ2n) is 6.01. The molecule has 3 heteroatoms. The Balaban J connectivity index is 1.90. The molecule has 3 nitrogen and oxygen atoms in total. The molecular formula is C15H21NO2. The Morgan fingerprint density at radius 1 is 1.39 bits per heavy atom. The first-order valence-electron chi connectivity index (χ1n) is 6.72. The van der Waals surface area contributed by atoms with Crippen molar-refractivity contribution in [2.45, 2.75) is 44.2 Å². The molecule has 1 aromatic rings. The summed E-state index contributed by atoms with van der Waals surface area (Å²) in [5, 5.41) is 0. The number of rotatable bonds is 2. The molecule has 2 atom stereocenters. The first kappa shape index (κ1) is 12.0. The van der Waals surface area contributed by atoms with Crippen molar-refractivity contribution in [1.29, 1.82) is 0 Å². The van der Waals surface area contributed by atoms with Crippen molar-refractivity contribution in [3.63, 3.8) is 0 Å². The van der Waals surface area contributed by atoms with Crippen LogP contribution >= 0.6 is 0 Å². The van der Waals surface area contributed by atoms with E-state index in [0.29, 0.717) is 0 Å². The third kappa shape index (κ3) is 1.91. The maximum absolute atomic E-state index is 6.32. The standard InChI is InChI=1S/C15H21NO2/c1-15(2)9-18-12-6-5-10(8-11(12)15)14(16)13-4-3-7-17-13/h5-6,8,13-14H,3-4,7,9,16H2,1-2H3. The van der Waals surface area contributed by atoms with Gasteiger partial charge in [0.25, 0.3) is 0 Å². The number of nitrogens with two attached hydrogens (primary N) is 1. The first-order valence-corrected chi connectivity index (χ1v) is 6.72. The monoisotopic (exact) mass is 247 g/mol. The lowest BCUT2D eigenvalue weighted by Crippen LogP contribution is -2.26. The van der Waals surface area contributed by atoms with Crippen molar-refractivity contribution in [2.24, 2.45) is 5.73 Å². The Hall–Kier alpha value is -1.06. The van der Waals surface area contributed by atoms with E-state index in [4.69, 9.17) is 15.2 Å². The summed E-state index contributed by atoms with van der Waals surface area (Å²) in [5.74, 6) is 1.00. The molecule has 0 radical (unpaired) electrons. The van der Waals surface area contributed by atoms with Gasteiger partial charge in [-0.05, 0) is 30.5 Å². The van der Waals surface area contributed by atoms with Crippen molar-refractivity contribution < 1.29 is 9.47 Å². The van der Waals surface area contributed by atoms with Gasteiger partial charge in [0.2, 0.25) is 0 Å². The zero-order chi connectivity index (χ0) is 12.8. The molecule has 0 bridgehead atoms. The molecular weight excluding hydrogens is 226 g/mol. The molecule has 1 fully saturated rings. The lowest BCUT2D eigenvalue weighted by molar-refractivity contribution is 0.0900. The molecule has 0 spiro atoms. The number of hydrogen-bond donors (Lipinski definition) is 1. The second-order valence-corrected chi connectivity index (χ2v) is 6.01. The lowest BCUT2D eigenvalue weighted by Gasteiger charge is -2.21. The Morgan fingerprint density at radius 2 is 2.22 bits per heavy atom. The lowest BCUT2D eigenvalue weighted by atomic mass is 9.85. The van der Waals surface area contributed by atoms with E-state index in [0.717, 1.165) is 31.8 Å². The summed E-state index contributed by atoms with van der Waals surface area (Å²) in [6.07, 6.45) is 2.37. The van der Waals surface area contributed by atoms with E-state index in [1.165, 1.54) is 11.1 Å². The predicted octanol–water partition coefficient (Wildman–Crippen LogP) is 2.54. The van der Waals surface area contributed by atoms with Gasteiger partial charge < -0.3 is 15.2 Å². The van der Waals surface area contributed by atoms with E-state index in [1.807, 2.05) is 6.07 Å². The van der Waals surface area contributed by atoms with Crippen LogP contribution in [0.1, 0.15) is 43.9 Å². The van der Waals surface area contributed by atoms with Crippen LogP contribution in [0.25, 0.3) is 0 Å². The molecule has 2 unspecified atom stereocenters. The van der Waals surface area contributed by atoms with E-state index < -0.39 is 0 Å². The molecule has 2 aliphatic rings. The van der Waals surface area contributed by atoms with Gasteiger partial charge in [-0.25, -0.2) is 0 Å². The van der Waals surface area contributed by atoms with Crippen molar-refractivity contribution >= 4 is 0 Å². The highest BCUT2D eigenvalue weighted by molar-refractivity contribution is 5.46. The van der Waals surface area contributed by atoms with Crippen LogP contribution in [0.15, 0.2) is 18.2 Å². The fraction of sp³-hybridized carbons (Fsp3) is 0.600. The molecule has 2 N–H and O–H groups in total. The van der Waals surface area contributed by atoms with Crippen LogP contribution in [0.4, 0.5) is 0 Å². The largest absolute Gasteiger partial charge is 0.492 e. The molecule has 2 aliphatic heterocycles. The van der Waals surface area contributed by atoms with Crippen LogP contribution < -0.4 is 10.5 Å². The molecule has 18 heavy (non-hydrogen) atoms. The van der Waals surface area contributed by atoms with Crippen LogP contribution in [0.3, 0.4) is 0 Å². The van der Waals surface area contributed by atoms with Crippen LogP contribution in [0.2, 0.25) is 0 Å². The minimum absolute atomic E-state index is 0.0193. The molecule has 3 rings (SSSR count).